The van der Waals surface area contributed by atoms with Gasteiger partial charge in [0.25, 0.3) is 0 Å². The number of hydrogen-bond donors (Lipinski definition) is 1. The van der Waals surface area contributed by atoms with Crippen LogP contribution >= 0.6 is 0 Å². The zero-order valence-corrected chi connectivity index (χ0v) is 9.63. The van der Waals surface area contributed by atoms with Crippen LogP contribution in [0.5, 0.6) is 0 Å². The molecule has 0 aromatic rings. The van der Waals surface area contributed by atoms with Crippen molar-refractivity contribution in [2.24, 2.45) is 0 Å². The van der Waals surface area contributed by atoms with E-state index < -0.39 is 0 Å². The molecular weight excluding hydrogens is 164 g/mol. The molecule has 13 heavy (non-hydrogen) atoms. The Morgan fingerprint density at radius 1 is 1.38 bits per heavy atom. The third kappa shape index (κ3) is 4.07. The van der Waals surface area contributed by atoms with Crippen molar-refractivity contribution >= 4 is 0 Å². The first-order chi connectivity index (χ1) is 6.27. The number of likely N-dealkylation sites (tertiary alicyclic amines) is 1. The second-order valence-corrected chi connectivity index (χ2v) is 3.22. The summed E-state index contributed by atoms with van der Waals surface area (Å²) in [6.45, 7) is 6.22. The highest BCUT2D eigenvalue weighted by Crippen LogP contribution is 2.11. The summed E-state index contributed by atoms with van der Waals surface area (Å²) in [6.07, 6.45) is 1.55. The third-order valence-corrected chi connectivity index (χ3v) is 2.44. The second kappa shape index (κ2) is 7.30. The molecule has 0 spiro atoms. The average Bonchev–Trinajstić information content (AvgIpc) is 2.20. The van der Waals surface area contributed by atoms with Crippen LogP contribution in [0.15, 0.2) is 0 Å². The largest absolute Gasteiger partial charge is 0.378 e. The Bertz CT molecular complexity index is 119. The summed E-state index contributed by atoms with van der Waals surface area (Å²) in [5.41, 5.74) is 0. The minimum absolute atomic E-state index is 0.360. The average molecular weight is 188 g/mol. The Hall–Kier alpha value is -0.120. The molecule has 0 amide bonds. The highest BCUT2D eigenvalue weighted by Gasteiger charge is 2.25. The summed E-state index contributed by atoms with van der Waals surface area (Å²) < 4.78 is 5.36. The van der Waals surface area contributed by atoms with Gasteiger partial charge in [-0.3, -0.25) is 0 Å². The number of ether oxygens (including phenoxy) is 1. The molecule has 2 unspecified atom stereocenters. The normalized spacial score (nSPS) is 29.3. The van der Waals surface area contributed by atoms with E-state index in [0.717, 1.165) is 6.54 Å². The number of piperidine rings is 1. The van der Waals surface area contributed by atoms with Gasteiger partial charge in [0.15, 0.2) is 0 Å². The Morgan fingerprint density at radius 2 is 2.00 bits per heavy atom. The Morgan fingerprint density at radius 3 is 2.46 bits per heavy atom. The van der Waals surface area contributed by atoms with Crippen LogP contribution in [0.2, 0.25) is 0 Å². The van der Waals surface area contributed by atoms with Crippen molar-refractivity contribution in [1.29, 1.82) is 0 Å². The van der Waals surface area contributed by atoms with Gasteiger partial charge in [-0.1, -0.05) is 13.8 Å². The second-order valence-electron chi connectivity index (χ2n) is 3.22. The van der Waals surface area contributed by atoms with E-state index in [-0.39, 0.29) is 0 Å². The standard InChI is InChI=1S/C8H18N2O.C2H6/c1-9-7-4-5-10(2)6-8(7)11-3;1-2/h7-9H,4-6H2,1-3H3;1-2H3. The molecule has 1 heterocycles. The lowest BCUT2D eigenvalue weighted by Gasteiger charge is -2.35. The van der Waals surface area contributed by atoms with Gasteiger partial charge in [0.2, 0.25) is 0 Å². The molecule has 1 rings (SSSR count). The van der Waals surface area contributed by atoms with E-state index in [0.29, 0.717) is 12.1 Å². The van der Waals surface area contributed by atoms with Gasteiger partial charge in [-0.05, 0) is 27.1 Å². The van der Waals surface area contributed by atoms with E-state index in [2.05, 4.69) is 17.3 Å². The summed E-state index contributed by atoms with van der Waals surface area (Å²) in [4.78, 5) is 2.31. The lowest BCUT2D eigenvalue weighted by Crippen LogP contribution is -2.51. The van der Waals surface area contributed by atoms with Crippen molar-refractivity contribution in [1.82, 2.24) is 10.2 Å². The van der Waals surface area contributed by atoms with Crippen molar-refractivity contribution in [3.8, 4) is 0 Å². The number of rotatable bonds is 2. The number of hydrogen-bond acceptors (Lipinski definition) is 3. The molecule has 80 valence electrons. The van der Waals surface area contributed by atoms with E-state index in [9.17, 15) is 0 Å². The maximum Gasteiger partial charge on any atom is 0.0851 e. The van der Waals surface area contributed by atoms with E-state index in [1.54, 1.807) is 7.11 Å². The fourth-order valence-corrected chi connectivity index (χ4v) is 1.64. The van der Waals surface area contributed by atoms with Gasteiger partial charge < -0.3 is 15.0 Å². The molecule has 0 saturated carbocycles. The van der Waals surface area contributed by atoms with Crippen LogP contribution < -0.4 is 5.32 Å². The van der Waals surface area contributed by atoms with Gasteiger partial charge in [-0.25, -0.2) is 0 Å². The molecule has 1 saturated heterocycles. The highest BCUT2D eigenvalue weighted by atomic mass is 16.5. The van der Waals surface area contributed by atoms with Crippen LogP contribution in [-0.2, 0) is 4.74 Å². The fraction of sp³-hybridized carbons (Fsp3) is 1.00. The van der Waals surface area contributed by atoms with Crippen molar-refractivity contribution in [2.75, 3.05) is 34.3 Å². The van der Waals surface area contributed by atoms with E-state index >= 15 is 0 Å². The van der Waals surface area contributed by atoms with Crippen LogP contribution in [0.25, 0.3) is 0 Å². The molecule has 0 bridgehead atoms. The van der Waals surface area contributed by atoms with Crippen molar-refractivity contribution < 1.29 is 4.74 Å². The lowest BCUT2D eigenvalue weighted by molar-refractivity contribution is 0.0164. The number of methoxy groups -OCH3 is 1. The molecule has 3 heteroatoms. The minimum atomic E-state index is 0.360. The maximum atomic E-state index is 5.36. The molecule has 0 aliphatic carbocycles. The molecular formula is C10H24N2O. The van der Waals surface area contributed by atoms with E-state index in [1.165, 1.54) is 13.0 Å². The quantitative estimate of drug-likeness (QED) is 0.698. The summed E-state index contributed by atoms with van der Waals surface area (Å²) in [6, 6.07) is 0.538. The molecule has 1 aliphatic rings. The first kappa shape index (κ1) is 12.9. The minimum Gasteiger partial charge on any atom is -0.378 e. The topological polar surface area (TPSA) is 24.5 Å². The van der Waals surface area contributed by atoms with E-state index in [1.807, 2.05) is 20.9 Å². The molecule has 1 aliphatic heterocycles. The highest BCUT2D eigenvalue weighted by molar-refractivity contribution is 4.83. The Labute approximate surface area is 82.4 Å². The monoisotopic (exact) mass is 188 g/mol. The SMILES string of the molecule is CC.CNC1CCN(C)CC1OC. The van der Waals surface area contributed by atoms with Crippen LogP contribution in [0.1, 0.15) is 20.3 Å². The summed E-state index contributed by atoms with van der Waals surface area (Å²) >= 11 is 0. The van der Waals surface area contributed by atoms with Gasteiger partial charge in [0.05, 0.1) is 6.10 Å². The summed E-state index contributed by atoms with van der Waals surface area (Å²) in [5, 5.41) is 3.27. The molecule has 3 nitrogen and oxygen atoms in total. The number of likely N-dealkylation sites (N-methyl/N-ethyl adjacent to an activating group) is 2. The number of nitrogens with zero attached hydrogens (tertiary/aromatic N) is 1. The van der Waals surface area contributed by atoms with Crippen LogP contribution in [-0.4, -0.2) is 51.3 Å². The summed E-state index contributed by atoms with van der Waals surface area (Å²) in [7, 11) is 5.92. The zero-order chi connectivity index (χ0) is 10.3. The van der Waals surface area contributed by atoms with Crippen molar-refractivity contribution in [3.63, 3.8) is 0 Å². The molecule has 0 aromatic carbocycles. The Kier molecular flexibility index (Phi) is 7.23. The van der Waals surface area contributed by atoms with Gasteiger partial charge in [-0.2, -0.15) is 0 Å². The molecule has 0 radical (unpaired) electrons. The van der Waals surface area contributed by atoms with E-state index in [4.69, 9.17) is 4.74 Å². The molecule has 0 aromatic heterocycles. The van der Waals surface area contributed by atoms with Gasteiger partial charge in [0.1, 0.15) is 0 Å². The fourth-order valence-electron chi connectivity index (χ4n) is 1.64. The predicted molar refractivity (Wildman–Crippen MR) is 57.1 cm³/mol. The summed E-state index contributed by atoms with van der Waals surface area (Å²) in [5.74, 6) is 0. The van der Waals surface area contributed by atoms with Gasteiger partial charge >= 0.3 is 0 Å². The van der Waals surface area contributed by atoms with Crippen LogP contribution in [0.4, 0.5) is 0 Å². The first-order valence-corrected chi connectivity index (χ1v) is 5.16. The first-order valence-electron chi connectivity index (χ1n) is 5.16. The molecule has 1 fully saturated rings. The zero-order valence-electron chi connectivity index (χ0n) is 9.63. The Balaban J connectivity index is 0.000000671. The van der Waals surface area contributed by atoms with Crippen molar-refractivity contribution in [2.45, 2.75) is 32.4 Å². The van der Waals surface area contributed by atoms with Crippen LogP contribution in [0.3, 0.4) is 0 Å². The lowest BCUT2D eigenvalue weighted by atomic mass is 10.0. The molecule has 1 N–H and O–H groups in total. The smallest absolute Gasteiger partial charge is 0.0851 e. The number of nitrogens with one attached hydrogen (secondary N) is 1. The predicted octanol–water partition coefficient (Wildman–Crippen LogP) is 0.951. The van der Waals surface area contributed by atoms with Gasteiger partial charge in [0, 0.05) is 19.7 Å². The third-order valence-electron chi connectivity index (χ3n) is 2.44. The molecule has 2 atom stereocenters. The van der Waals surface area contributed by atoms with Gasteiger partial charge in [-0.15, -0.1) is 0 Å². The van der Waals surface area contributed by atoms with Crippen molar-refractivity contribution in [3.05, 3.63) is 0 Å². The maximum absolute atomic E-state index is 5.36. The van der Waals surface area contributed by atoms with Crippen LogP contribution in [0, 0.1) is 0 Å².